The topological polar surface area (TPSA) is 109 Å². The highest BCUT2D eigenvalue weighted by Crippen LogP contribution is 2.38. The molecular weight excluding hydrogens is 446 g/mol. The summed E-state index contributed by atoms with van der Waals surface area (Å²) in [4.78, 5) is 36.5. The minimum Gasteiger partial charge on any atom is -0.503 e. The van der Waals surface area contributed by atoms with E-state index in [2.05, 4.69) is 5.32 Å². The van der Waals surface area contributed by atoms with Gasteiger partial charge in [-0.25, -0.2) is 8.78 Å². The molecule has 1 amide bonds. The van der Waals surface area contributed by atoms with E-state index in [-0.39, 0.29) is 40.7 Å². The minimum atomic E-state index is -1.30. The number of aromatic hydroxyl groups is 1. The van der Waals surface area contributed by atoms with Crippen LogP contribution in [0.5, 0.6) is 5.75 Å². The lowest BCUT2D eigenvalue weighted by molar-refractivity contribution is -0.136. The van der Waals surface area contributed by atoms with Crippen LogP contribution in [0.3, 0.4) is 0 Å². The van der Waals surface area contributed by atoms with Crippen LogP contribution in [0.25, 0.3) is 10.9 Å². The smallest absolute Gasteiger partial charge is 0.305 e. The van der Waals surface area contributed by atoms with E-state index in [1.165, 1.54) is 38.1 Å². The van der Waals surface area contributed by atoms with Crippen LogP contribution < -0.4 is 5.32 Å². The van der Waals surface area contributed by atoms with E-state index < -0.39 is 41.1 Å². The minimum absolute atomic E-state index is 0.0722. The number of aromatic nitrogens is 1. The summed E-state index contributed by atoms with van der Waals surface area (Å²) < 4.78 is 30.2. The molecule has 7 nitrogen and oxygen atoms in total. The van der Waals surface area contributed by atoms with Gasteiger partial charge < -0.3 is 15.5 Å². The molecule has 168 valence electrons. The van der Waals surface area contributed by atoms with Gasteiger partial charge in [0.1, 0.15) is 0 Å². The highest BCUT2D eigenvalue weighted by molar-refractivity contribution is 6.30. The van der Waals surface area contributed by atoms with Crippen LogP contribution >= 0.6 is 11.6 Å². The zero-order chi connectivity index (χ0) is 23.7. The Hall–Kier alpha value is -3.46. The van der Waals surface area contributed by atoms with Crippen LogP contribution in [-0.4, -0.2) is 39.1 Å². The number of nitrogens with zero attached hydrogens (tertiary/aromatic N) is 1. The van der Waals surface area contributed by atoms with E-state index in [0.29, 0.717) is 5.02 Å². The number of hydrogen-bond donors (Lipinski definition) is 3. The summed E-state index contributed by atoms with van der Waals surface area (Å²) in [5.74, 6) is -7.16. The van der Waals surface area contributed by atoms with Gasteiger partial charge in [-0.15, -0.1) is 0 Å². The van der Waals surface area contributed by atoms with Gasteiger partial charge in [-0.05, 0) is 43.7 Å². The molecule has 1 unspecified atom stereocenters. The summed E-state index contributed by atoms with van der Waals surface area (Å²) in [6.07, 6.45) is -0.311. The Kier molecular flexibility index (Phi) is 6.50. The van der Waals surface area contributed by atoms with E-state index in [9.17, 15) is 28.3 Å². The number of aliphatic carboxylic acids is 1. The second kappa shape index (κ2) is 8.96. The normalized spacial score (nSPS) is 12.0. The second-order valence-corrected chi connectivity index (χ2v) is 7.65. The zero-order valence-electron chi connectivity index (χ0n) is 17.1. The fraction of sp³-hybridized carbons (Fsp3) is 0.227. The number of carboxylic acid groups (broad SMARTS) is 1. The van der Waals surface area contributed by atoms with E-state index >= 15 is 0 Å². The quantitative estimate of drug-likeness (QED) is 0.511. The van der Waals surface area contributed by atoms with Crippen molar-refractivity contribution in [3.05, 3.63) is 63.8 Å². The standard InChI is InChI=1S/C22H19ClF2N2O5/c1-10(21(31)26-8-7-16(28)29)17-11(2)27(22(32)12-3-5-13(23)6-4-12)15-9-14(24)20(30)19(25)18(15)17/h3-6,9-10,30H,7-8H2,1-2H3,(H,26,31)(H,28,29). The molecule has 32 heavy (non-hydrogen) atoms. The van der Waals surface area contributed by atoms with Crippen LogP contribution in [0.15, 0.2) is 30.3 Å². The molecule has 3 N–H and O–H groups in total. The lowest BCUT2D eigenvalue weighted by Crippen LogP contribution is -2.30. The largest absolute Gasteiger partial charge is 0.503 e. The Morgan fingerprint density at radius 2 is 1.81 bits per heavy atom. The van der Waals surface area contributed by atoms with Crippen LogP contribution in [0, 0.1) is 18.6 Å². The van der Waals surface area contributed by atoms with Crippen molar-refractivity contribution in [1.29, 1.82) is 0 Å². The molecule has 3 rings (SSSR count). The number of hydrogen-bond acceptors (Lipinski definition) is 4. The summed E-state index contributed by atoms with van der Waals surface area (Å²) >= 11 is 5.86. The Bertz CT molecular complexity index is 1240. The van der Waals surface area contributed by atoms with Crippen molar-refractivity contribution in [2.45, 2.75) is 26.2 Å². The van der Waals surface area contributed by atoms with Crippen molar-refractivity contribution in [3.8, 4) is 5.75 Å². The first-order chi connectivity index (χ1) is 15.0. The molecule has 3 aromatic rings. The summed E-state index contributed by atoms with van der Waals surface area (Å²) in [5.41, 5.74) is 0.275. The average Bonchev–Trinajstić information content (AvgIpc) is 3.02. The second-order valence-electron chi connectivity index (χ2n) is 7.22. The van der Waals surface area contributed by atoms with Crippen molar-refractivity contribution in [2.75, 3.05) is 6.54 Å². The van der Waals surface area contributed by atoms with Crippen LogP contribution in [0.4, 0.5) is 8.78 Å². The van der Waals surface area contributed by atoms with Crippen LogP contribution in [-0.2, 0) is 9.59 Å². The van der Waals surface area contributed by atoms with Gasteiger partial charge in [0.25, 0.3) is 5.91 Å². The molecule has 0 saturated carbocycles. The van der Waals surface area contributed by atoms with E-state index in [4.69, 9.17) is 16.7 Å². The average molecular weight is 465 g/mol. The van der Waals surface area contributed by atoms with E-state index in [1.807, 2.05) is 0 Å². The van der Waals surface area contributed by atoms with Gasteiger partial charge in [-0.3, -0.25) is 19.0 Å². The molecule has 0 spiro atoms. The molecule has 0 aliphatic heterocycles. The lowest BCUT2D eigenvalue weighted by atomic mass is 9.96. The predicted molar refractivity (Wildman–Crippen MR) is 113 cm³/mol. The number of carbonyl (C=O) groups is 3. The molecular formula is C22H19ClF2N2O5. The van der Waals surface area contributed by atoms with Gasteiger partial charge in [0, 0.05) is 34.3 Å². The number of benzene rings is 2. The van der Waals surface area contributed by atoms with Gasteiger partial charge in [0.2, 0.25) is 5.91 Å². The van der Waals surface area contributed by atoms with Gasteiger partial charge in [0.05, 0.1) is 17.9 Å². The molecule has 1 heterocycles. The number of halogens is 3. The van der Waals surface area contributed by atoms with Crippen LogP contribution in [0.1, 0.15) is 40.9 Å². The first-order valence-corrected chi connectivity index (χ1v) is 9.94. The third-order valence-corrected chi connectivity index (χ3v) is 5.42. The Balaban J connectivity index is 2.18. The van der Waals surface area contributed by atoms with Gasteiger partial charge >= 0.3 is 5.97 Å². The van der Waals surface area contributed by atoms with Gasteiger partial charge in [-0.2, -0.15) is 0 Å². The number of rotatable bonds is 6. The molecule has 0 fully saturated rings. The molecule has 1 aromatic heterocycles. The lowest BCUT2D eigenvalue weighted by Gasteiger charge is -2.13. The van der Waals surface area contributed by atoms with Crippen molar-refractivity contribution >= 4 is 40.3 Å². The van der Waals surface area contributed by atoms with Crippen molar-refractivity contribution in [2.24, 2.45) is 0 Å². The van der Waals surface area contributed by atoms with Gasteiger partial charge in [-0.1, -0.05) is 11.6 Å². The number of fused-ring (bicyclic) bond motifs is 1. The molecule has 1 atom stereocenters. The predicted octanol–water partition coefficient (Wildman–Crippen LogP) is 3.97. The Labute approximate surface area is 186 Å². The van der Waals surface area contributed by atoms with Crippen molar-refractivity contribution < 1.29 is 33.4 Å². The Morgan fingerprint density at radius 1 is 1.19 bits per heavy atom. The number of carbonyl (C=O) groups excluding carboxylic acids is 2. The first-order valence-electron chi connectivity index (χ1n) is 9.56. The third kappa shape index (κ3) is 4.16. The summed E-state index contributed by atoms with van der Waals surface area (Å²) in [7, 11) is 0. The molecule has 10 heteroatoms. The fourth-order valence-corrected chi connectivity index (χ4v) is 3.73. The van der Waals surface area contributed by atoms with Gasteiger partial charge in [0.15, 0.2) is 17.4 Å². The maximum Gasteiger partial charge on any atom is 0.305 e. The number of phenolic OH excluding ortho intramolecular Hbond substituents is 1. The highest BCUT2D eigenvalue weighted by Gasteiger charge is 2.30. The maximum absolute atomic E-state index is 15.0. The number of amides is 1. The number of nitrogens with one attached hydrogen (secondary N) is 1. The zero-order valence-corrected chi connectivity index (χ0v) is 17.8. The van der Waals surface area contributed by atoms with Crippen LogP contribution in [0.2, 0.25) is 5.02 Å². The highest BCUT2D eigenvalue weighted by atomic mass is 35.5. The number of phenols is 1. The molecule has 0 aliphatic rings. The molecule has 0 saturated heterocycles. The molecule has 0 bridgehead atoms. The van der Waals surface area contributed by atoms with E-state index in [0.717, 1.165) is 10.6 Å². The Morgan fingerprint density at radius 3 is 2.41 bits per heavy atom. The summed E-state index contributed by atoms with van der Waals surface area (Å²) in [6, 6.07) is 6.70. The molecule has 2 aromatic carbocycles. The SMILES string of the molecule is Cc1c(C(C)C(=O)NCCC(=O)O)c2c(F)c(O)c(F)cc2n1C(=O)c1ccc(Cl)cc1. The molecule has 0 aliphatic carbocycles. The monoisotopic (exact) mass is 464 g/mol. The molecule has 0 radical (unpaired) electrons. The third-order valence-electron chi connectivity index (χ3n) is 5.17. The first kappa shape index (κ1) is 23.2. The maximum atomic E-state index is 15.0. The fourth-order valence-electron chi connectivity index (χ4n) is 3.60. The van der Waals surface area contributed by atoms with Crippen molar-refractivity contribution in [3.63, 3.8) is 0 Å². The summed E-state index contributed by atoms with van der Waals surface area (Å²) in [6.45, 7) is 2.76. The number of carboxylic acids is 1. The summed E-state index contributed by atoms with van der Waals surface area (Å²) in [5, 5.41) is 21.1. The van der Waals surface area contributed by atoms with E-state index in [1.54, 1.807) is 0 Å². The van der Waals surface area contributed by atoms with Crippen molar-refractivity contribution in [1.82, 2.24) is 9.88 Å².